The van der Waals surface area contributed by atoms with E-state index in [-0.39, 0.29) is 0 Å². The summed E-state index contributed by atoms with van der Waals surface area (Å²) in [5, 5.41) is 0.927. The number of aromatic nitrogens is 2. The largest absolute Gasteiger partial charge is 0.308 e. The van der Waals surface area contributed by atoms with Gasteiger partial charge in [0.05, 0.1) is 5.25 Å². The van der Waals surface area contributed by atoms with Crippen molar-refractivity contribution in [1.82, 2.24) is 9.97 Å². The Kier molecular flexibility index (Phi) is 5.36. The van der Waals surface area contributed by atoms with E-state index in [9.17, 15) is 0 Å². The zero-order valence-electron chi connectivity index (χ0n) is 11.7. The molecule has 0 saturated carbocycles. The predicted octanol–water partition coefficient (Wildman–Crippen LogP) is 2.87. The Morgan fingerprint density at radius 1 is 1.37 bits per heavy atom. The summed E-state index contributed by atoms with van der Waals surface area (Å²) in [6.45, 7) is 6.66. The Hall–Kier alpha value is -0.460. The molecule has 6 heteroatoms. The summed E-state index contributed by atoms with van der Waals surface area (Å²) in [5.41, 5.74) is 3.75. The molecule has 1 aromatic heterocycles. The van der Waals surface area contributed by atoms with E-state index in [2.05, 4.69) is 31.2 Å². The van der Waals surface area contributed by atoms with Crippen LogP contribution in [0.1, 0.15) is 37.5 Å². The second-order valence-corrected chi connectivity index (χ2v) is 7.95. The van der Waals surface area contributed by atoms with Crippen molar-refractivity contribution in [1.29, 1.82) is 0 Å². The summed E-state index contributed by atoms with van der Waals surface area (Å²) in [6.07, 6.45) is 0.961. The zero-order chi connectivity index (χ0) is 13.8. The van der Waals surface area contributed by atoms with E-state index in [4.69, 9.17) is 10.8 Å². The van der Waals surface area contributed by atoms with E-state index in [1.165, 1.54) is 11.5 Å². The van der Waals surface area contributed by atoms with Crippen LogP contribution in [0.5, 0.6) is 0 Å². The molecule has 2 unspecified atom stereocenters. The van der Waals surface area contributed by atoms with Gasteiger partial charge in [0.1, 0.15) is 11.6 Å². The molecule has 0 spiro atoms. The number of nitrogens with zero attached hydrogens (tertiary/aromatic N) is 2. The first kappa shape index (κ1) is 14.9. The van der Waals surface area contributed by atoms with Gasteiger partial charge >= 0.3 is 0 Å². The standard InChI is InChI=1S/C13H22N4S2/c1-8(2)6-10-7-11(17-14)16-13(15-10)12-9(3)18-4-5-19-12/h7-9,12H,4-6,14H2,1-3H3,(H,15,16,17). The highest BCUT2D eigenvalue weighted by Gasteiger charge is 2.27. The molecule has 1 aliphatic rings. The topological polar surface area (TPSA) is 63.8 Å². The van der Waals surface area contributed by atoms with Crippen molar-refractivity contribution in [3.05, 3.63) is 17.6 Å². The molecule has 0 aliphatic carbocycles. The molecule has 0 bridgehead atoms. The first-order valence-electron chi connectivity index (χ1n) is 6.68. The molecule has 0 radical (unpaired) electrons. The van der Waals surface area contributed by atoms with E-state index < -0.39 is 0 Å². The van der Waals surface area contributed by atoms with Crippen LogP contribution in [0.25, 0.3) is 0 Å². The van der Waals surface area contributed by atoms with Crippen LogP contribution < -0.4 is 11.3 Å². The maximum atomic E-state index is 5.53. The summed E-state index contributed by atoms with van der Waals surface area (Å²) in [6, 6.07) is 1.95. The molecule has 4 nitrogen and oxygen atoms in total. The minimum atomic E-state index is 0.373. The number of nitrogens with two attached hydrogens (primary N) is 1. The van der Waals surface area contributed by atoms with E-state index in [1.807, 2.05) is 29.6 Å². The van der Waals surface area contributed by atoms with Gasteiger partial charge in [-0.3, -0.25) is 0 Å². The lowest BCUT2D eigenvalue weighted by Gasteiger charge is -2.27. The average molecular weight is 298 g/mol. The molecule has 0 aromatic carbocycles. The summed E-state index contributed by atoms with van der Waals surface area (Å²) >= 11 is 3.96. The predicted molar refractivity (Wildman–Crippen MR) is 85.5 cm³/mol. The van der Waals surface area contributed by atoms with Crippen molar-refractivity contribution >= 4 is 29.3 Å². The summed E-state index contributed by atoms with van der Waals surface area (Å²) < 4.78 is 0. The Bertz CT molecular complexity index is 425. The van der Waals surface area contributed by atoms with Crippen LogP contribution in [0.4, 0.5) is 5.82 Å². The molecule has 1 fully saturated rings. The van der Waals surface area contributed by atoms with Gasteiger partial charge < -0.3 is 5.43 Å². The van der Waals surface area contributed by atoms with E-state index in [0.717, 1.165) is 23.8 Å². The van der Waals surface area contributed by atoms with Crippen LogP contribution in [0.3, 0.4) is 0 Å². The maximum Gasteiger partial charge on any atom is 0.145 e. The monoisotopic (exact) mass is 298 g/mol. The second kappa shape index (κ2) is 6.81. The number of hydrogen-bond donors (Lipinski definition) is 2. The second-order valence-electron chi connectivity index (χ2n) is 5.21. The lowest BCUT2D eigenvalue weighted by atomic mass is 10.1. The van der Waals surface area contributed by atoms with Crippen molar-refractivity contribution < 1.29 is 0 Å². The first-order valence-corrected chi connectivity index (χ1v) is 8.77. The molecule has 1 aliphatic heterocycles. The van der Waals surface area contributed by atoms with Gasteiger partial charge in [0.25, 0.3) is 0 Å². The zero-order valence-corrected chi connectivity index (χ0v) is 13.4. The summed E-state index contributed by atoms with van der Waals surface area (Å²) in [5.74, 6) is 10.2. The Balaban J connectivity index is 2.27. The van der Waals surface area contributed by atoms with Gasteiger partial charge in [-0.25, -0.2) is 15.8 Å². The maximum absolute atomic E-state index is 5.53. The van der Waals surface area contributed by atoms with Crippen molar-refractivity contribution in [3.63, 3.8) is 0 Å². The molecule has 2 heterocycles. The van der Waals surface area contributed by atoms with Crippen LogP contribution in [0.15, 0.2) is 6.07 Å². The fourth-order valence-electron chi connectivity index (χ4n) is 2.16. The van der Waals surface area contributed by atoms with Gasteiger partial charge in [0.15, 0.2) is 0 Å². The smallest absolute Gasteiger partial charge is 0.145 e. The van der Waals surface area contributed by atoms with Gasteiger partial charge in [-0.05, 0) is 12.3 Å². The molecule has 3 N–H and O–H groups in total. The van der Waals surface area contributed by atoms with Crippen molar-refractivity contribution in [2.75, 3.05) is 16.9 Å². The summed E-state index contributed by atoms with van der Waals surface area (Å²) in [4.78, 5) is 9.31. The van der Waals surface area contributed by atoms with Gasteiger partial charge in [0.2, 0.25) is 0 Å². The SMILES string of the molecule is CC(C)Cc1cc(NN)nc(C2SCCSC2C)n1. The van der Waals surface area contributed by atoms with Gasteiger partial charge in [-0.15, -0.1) is 11.8 Å². The Morgan fingerprint density at radius 2 is 2.11 bits per heavy atom. The molecule has 1 aromatic rings. The lowest BCUT2D eigenvalue weighted by Crippen LogP contribution is -2.20. The molecule has 2 rings (SSSR count). The van der Waals surface area contributed by atoms with E-state index in [0.29, 0.717) is 16.4 Å². The fraction of sp³-hybridized carbons (Fsp3) is 0.692. The number of hydrazine groups is 1. The first-order chi connectivity index (χ1) is 9.10. The lowest BCUT2D eigenvalue weighted by molar-refractivity contribution is 0.629. The molecule has 106 valence electrons. The number of nitrogens with one attached hydrogen (secondary N) is 1. The van der Waals surface area contributed by atoms with Crippen LogP contribution in [-0.2, 0) is 6.42 Å². The van der Waals surface area contributed by atoms with E-state index in [1.54, 1.807) is 0 Å². The number of nitrogen functional groups attached to an aromatic ring is 1. The van der Waals surface area contributed by atoms with Crippen LogP contribution in [-0.4, -0.2) is 26.7 Å². The molecule has 19 heavy (non-hydrogen) atoms. The van der Waals surface area contributed by atoms with Crippen molar-refractivity contribution in [2.24, 2.45) is 11.8 Å². The third-order valence-electron chi connectivity index (χ3n) is 3.00. The molecule has 2 atom stereocenters. The number of rotatable bonds is 4. The van der Waals surface area contributed by atoms with E-state index >= 15 is 0 Å². The summed E-state index contributed by atoms with van der Waals surface area (Å²) in [7, 11) is 0. The number of thioether (sulfide) groups is 2. The van der Waals surface area contributed by atoms with Gasteiger partial charge in [-0.2, -0.15) is 11.8 Å². The molecular formula is C13H22N4S2. The highest BCUT2D eigenvalue weighted by atomic mass is 32.2. The van der Waals surface area contributed by atoms with Crippen LogP contribution in [0, 0.1) is 5.92 Å². The highest BCUT2D eigenvalue weighted by molar-refractivity contribution is 8.06. The normalized spacial score (nSPS) is 23.6. The number of hydrogen-bond acceptors (Lipinski definition) is 6. The number of anilines is 1. The Morgan fingerprint density at radius 3 is 2.74 bits per heavy atom. The quantitative estimate of drug-likeness (QED) is 0.658. The Labute approximate surface area is 123 Å². The molecule has 1 saturated heterocycles. The third-order valence-corrected chi connectivity index (χ3v) is 6.09. The van der Waals surface area contributed by atoms with Gasteiger partial charge in [-0.1, -0.05) is 20.8 Å². The van der Waals surface area contributed by atoms with Crippen LogP contribution >= 0.6 is 23.5 Å². The minimum absolute atomic E-state index is 0.373. The third kappa shape index (κ3) is 4.00. The fourth-order valence-corrected chi connectivity index (χ4v) is 4.85. The van der Waals surface area contributed by atoms with Crippen molar-refractivity contribution in [3.8, 4) is 0 Å². The minimum Gasteiger partial charge on any atom is -0.308 e. The van der Waals surface area contributed by atoms with Crippen LogP contribution in [0.2, 0.25) is 0 Å². The average Bonchev–Trinajstić information content (AvgIpc) is 2.38. The van der Waals surface area contributed by atoms with Crippen molar-refractivity contribution in [2.45, 2.75) is 37.7 Å². The molecule has 0 amide bonds. The highest BCUT2D eigenvalue weighted by Crippen LogP contribution is 2.41. The van der Waals surface area contributed by atoms with Gasteiger partial charge in [0, 0.05) is 28.5 Å². The molecular weight excluding hydrogens is 276 g/mol.